The van der Waals surface area contributed by atoms with E-state index in [1.54, 1.807) is 30.5 Å². The molecule has 10 nitrogen and oxygen atoms in total. The van der Waals surface area contributed by atoms with Crippen molar-refractivity contribution in [3.8, 4) is 0 Å². The van der Waals surface area contributed by atoms with Gasteiger partial charge in [-0.1, -0.05) is 12.1 Å². The van der Waals surface area contributed by atoms with Crippen LogP contribution in [0.5, 0.6) is 0 Å². The average Bonchev–Trinajstić information content (AvgIpc) is 2.84. The molecule has 1 aromatic carbocycles. The molecule has 3 N–H and O–H groups in total. The minimum atomic E-state index is -3.48. The van der Waals surface area contributed by atoms with E-state index in [2.05, 4.69) is 30.8 Å². The largest absolute Gasteiger partial charge is 0.378 e. The molecule has 34 heavy (non-hydrogen) atoms. The Morgan fingerprint density at radius 3 is 2.38 bits per heavy atom. The Hall–Kier alpha value is -3.70. The quantitative estimate of drug-likeness (QED) is 0.466. The molecule has 0 unspecified atom stereocenters. The van der Waals surface area contributed by atoms with Crippen molar-refractivity contribution in [2.24, 2.45) is 0 Å². The van der Waals surface area contributed by atoms with Crippen molar-refractivity contribution >= 4 is 44.4 Å². The summed E-state index contributed by atoms with van der Waals surface area (Å²) in [7, 11) is -1.96. The maximum Gasteiger partial charge on any atom is 0.254 e. The van der Waals surface area contributed by atoms with Crippen LogP contribution < -0.4 is 20.9 Å². The first kappa shape index (κ1) is 23.5. The second-order valence-corrected chi connectivity index (χ2v) is 9.70. The Labute approximate surface area is 198 Å². The Morgan fingerprint density at radius 2 is 1.71 bits per heavy atom. The molecule has 0 aliphatic carbocycles. The van der Waals surface area contributed by atoms with Gasteiger partial charge >= 0.3 is 0 Å². The standard InChI is InChI=1S/C23H26N6O4S/c1-24-23(30)17-15-26-22(13-19(17)27-18-5-3-4-6-20(18)34(2,31)32)28-21-8-7-16(14-25-21)29-9-11-33-12-10-29/h3-8,13-15H,9-12H2,1-2H3,(H,24,30)(H2,25,26,27,28). The zero-order valence-corrected chi connectivity index (χ0v) is 19.7. The highest BCUT2D eigenvalue weighted by Crippen LogP contribution is 2.29. The summed E-state index contributed by atoms with van der Waals surface area (Å²) in [6, 6.07) is 12.0. The fourth-order valence-electron chi connectivity index (χ4n) is 3.58. The normalized spacial score (nSPS) is 13.9. The SMILES string of the molecule is CNC(=O)c1cnc(Nc2ccc(N3CCOCC3)cn2)cc1Nc1ccccc1S(C)(=O)=O. The van der Waals surface area contributed by atoms with Crippen LogP contribution in [0, 0.1) is 0 Å². The van der Waals surface area contributed by atoms with E-state index in [0.29, 0.717) is 36.2 Å². The van der Waals surface area contributed by atoms with E-state index in [-0.39, 0.29) is 16.4 Å². The van der Waals surface area contributed by atoms with Gasteiger partial charge in [0.15, 0.2) is 9.84 Å². The van der Waals surface area contributed by atoms with Crippen molar-refractivity contribution in [3.63, 3.8) is 0 Å². The van der Waals surface area contributed by atoms with Crippen molar-refractivity contribution in [1.29, 1.82) is 0 Å². The monoisotopic (exact) mass is 482 g/mol. The third-order valence-electron chi connectivity index (χ3n) is 5.31. The molecular weight excluding hydrogens is 456 g/mol. The number of pyridine rings is 2. The van der Waals surface area contributed by atoms with Crippen LogP contribution in [0.4, 0.5) is 28.7 Å². The molecule has 11 heteroatoms. The van der Waals surface area contributed by atoms with Gasteiger partial charge in [0.05, 0.1) is 46.9 Å². The Bertz CT molecular complexity index is 1270. The highest BCUT2D eigenvalue weighted by atomic mass is 32.2. The van der Waals surface area contributed by atoms with Crippen LogP contribution in [0.15, 0.2) is 59.8 Å². The number of ether oxygens (including phenoxy) is 1. The number of aromatic nitrogens is 2. The van der Waals surface area contributed by atoms with Gasteiger partial charge in [0, 0.05) is 38.7 Å². The van der Waals surface area contributed by atoms with Crippen molar-refractivity contribution < 1.29 is 17.9 Å². The summed E-state index contributed by atoms with van der Waals surface area (Å²) in [5.41, 5.74) is 2.04. The molecule has 0 radical (unpaired) electrons. The van der Waals surface area contributed by atoms with Crippen molar-refractivity contribution in [2.75, 3.05) is 55.1 Å². The van der Waals surface area contributed by atoms with Gasteiger partial charge in [-0.25, -0.2) is 18.4 Å². The maximum atomic E-state index is 12.4. The van der Waals surface area contributed by atoms with Gasteiger partial charge in [0.1, 0.15) is 11.6 Å². The smallest absolute Gasteiger partial charge is 0.254 e. The molecule has 2 aromatic heterocycles. The molecular formula is C23H26N6O4S. The number of para-hydroxylation sites is 1. The topological polar surface area (TPSA) is 126 Å². The third-order valence-corrected chi connectivity index (χ3v) is 6.47. The number of carbonyl (C=O) groups is 1. The van der Waals surface area contributed by atoms with Gasteiger partial charge in [-0.3, -0.25) is 4.79 Å². The minimum absolute atomic E-state index is 0.129. The maximum absolute atomic E-state index is 12.4. The molecule has 0 atom stereocenters. The summed E-state index contributed by atoms with van der Waals surface area (Å²) in [6.45, 7) is 3.03. The lowest BCUT2D eigenvalue weighted by molar-refractivity contribution is 0.0963. The summed E-state index contributed by atoms with van der Waals surface area (Å²) in [5.74, 6) is 0.671. The Balaban J connectivity index is 1.61. The molecule has 1 saturated heterocycles. The fraction of sp³-hybridized carbons (Fsp3) is 0.261. The van der Waals surface area contributed by atoms with Gasteiger partial charge in [0.25, 0.3) is 5.91 Å². The van der Waals surface area contributed by atoms with E-state index in [0.717, 1.165) is 25.0 Å². The lowest BCUT2D eigenvalue weighted by Crippen LogP contribution is -2.36. The molecule has 0 bridgehead atoms. The van der Waals surface area contributed by atoms with Gasteiger partial charge in [-0.05, 0) is 24.3 Å². The molecule has 4 rings (SSSR count). The predicted octanol–water partition coefficient (Wildman–Crippen LogP) is 2.56. The number of morpholine rings is 1. The number of hydrogen-bond donors (Lipinski definition) is 3. The lowest BCUT2D eigenvalue weighted by atomic mass is 10.2. The minimum Gasteiger partial charge on any atom is -0.378 e. The van der Waals surface area contributed by atoms with Gasteiger partial charge in [0.2, 0.25) is 0 Å². The van der Waals surface area contributed by atoms with Crippen LogP contribution >= 0.6 is 0 Å². The number of rotatable bonds is 7. The zero-order chi connectivity index (χ0) is 24.1. The molecule has 178 valence electrons. The number of benzene rings is 1. The zero-order valence-electron chi connectivity index (χ0n) is 18.9. The first-order valence-electron chi connectivity index (χ1n) is 10.7. The number of amides is 1. The highest BCUT2D eigenvalue weighted by Gasteiger charge is 2.17. The Kier molecular flexibility index (Phi) is 6.94. The number of carbonyl (C=O) groups excluding carboxylic acids is 1. The number of nitrogens with zero attached hydrogens (tertiary/aromatic N) is 3. The van der Waals surface area contributed by atoms with Crippen molar-refractivity contribution in [3.05, 3.63) is 60.4 Å². The summed E-state index contributed by atoms with van der Waals surface area (Å²) in [5, 5.41) is 8.79. The average molecular weight is 483 g/mol. The second kappa shape index (κ2) is 10.1. The van der Waals surface area contributed by atoms with E-state index in [1.165, 1.54) is 19.3 Å². The molecule has 3 aromatic rings. The number of hydrogen-bond acceptors (Lipinski definition) is 9. The van der Waals surface area contributed by atoms with Crippen molar-refractivity contribution in [1.82, 2.24) is 15.3 Å². The number of anilines is 5. The lowest BCUT2D eigenvalue weighted by Gasteiger charge is -2.28. The summed E-state index contributed by atoms with van der Waals surface area (Å²) in [6.07, 6.45) is 4.35. The predicted molar refractivity (Wildman–Crippen MR) is 131 cm³/mol. The molecule has 0 spiro atoms. The summed E-state index contributed by atoms with van der Waals surface area (Å²) in [4.78, 5) is 23.5. The van der Waals surface area contributed by atoms with Crippen molar-refractivity contribution in [2.45, 2.75) is 4.90 Å². The highest BCUT2D eigenvalue weighted by molar-refractivity contribution is 7.90. The van der Waals surface area contributed by atoms with Gasteiger partial charge in [-0.2, -0.15) is 0 Å². The van der Waals surface area contributed by atoms with Crippen LogP contribution in [0.3, 0.4) is 0 Å². The molecule has 1 aliphatic heterocycles. The first-order valence-corrected chi connectivity index (χ1v) is 12.6. The van der Waals surface area contributed by atoms with E-state index < -0.39 is 9.84 Å². The van der Waals surface area contributed by atoms with Crippen LogP contribution in [-0.4, -0.2) is 63.9 Å². The van der Waals surface area contributed by atoms with Gasteiger partial charge in [-0.15, -0.1) is 0 Å². The van der Waals surface area contributed by atoms with Crippen LogP contribution in [0.2, 0.25) is 0 Å². The first-order chi connectivity index (χ1) is 16.3. The third kappa shape index (κ3) is 5.43. The van der Waals surface area contributed by atoms with E-state index in [4.69, 9.17) is 4.74 Å². The molecule has 3 heterocycles. The summed E-state index contributed by atoms with van der Waals surface area (Å²) >= 11 is 0. The molecule has 1 fully saturated rings. The van der Waals surface area contributed by atoms with E-state index >= 15 is 0 Å². The fourth-order valence-corrected chi connectivity index (χ4v) is 4.43. The summed E-state index contributed by atoms with van der Waals surface area (Å²) < 4.78 is 29.8. The molecule has 0 saturated carbocycles. The van der Waals surface area contributed by atoms with E-state index in [9.17, 15) is 13.2 Å². The van der Waals surface area contributed by atoms with Crippen LogP contribution in [-0.2, 0) is 14.6 Å². The second-order valence-electron chi connectivity index (χ2n) is 7.71. The number of nitrogens with one attached hydrogen (secondary N) is 3. The van der Waals surface area contributed by atoms with Crippen LogP contribution in [0.25, 0.3) is 0 Å². The molecule has 1 amide bonds. The van der Waals surface area contributed by atoms with Crippen LogP contribution in [0.1, 0.15) is 10.4 Å². The molecule has 1 aliphatic rings. The van der Waals surface area contributed by atoms with E-state index in [1.807, 2.05) is 12.1 Å². The Morgan fingerprint density at radius 1 is 0.971 bits per heavy atom. The van der Waals surface area contributed by atoms with Gasteiger partial charge < -0.3 is 25.6 Å². The number of sulfone groups is 1.